The van der Waals surface area contributed by atoms with Crippen molar-refractivity contribution in [1.82, 2.24) is 5.32 Å². The van der Waals surface area contributed by atoms with E-state index in [2.05, 4.69) is 10.6 Å². The number of rotatable bonds is 5. The number of amides is 3. The van der Waals surface area contributed by atoms with Gasteiger partial charge in [-0.05, 0) is 18.1 Å². The Morgan fingerprint density at radius 3 is 2.30 bits per heavy atom. The number of aromatic carboxylic acids is 1. The Labute approximate surface area is 116 Å². The Morgan fingerprint density at radius 2 is 1.80 bits per heavy atom. The highest BCUT2D eigenvalue weighted by molar-refractivity contribution is 6.00. The molecule has 5 N–H and O–H groups in total. The summed E-state index contributed by atoms with van der Waals surface area (Å²) in [5, 5.41) is 13.8. The molecular formula is C13H17N3O4. The maximum atomic E-state index is 11.8. The van der Waals surface area contributed by atoms with Crippen molar-refractivity contribution in [2.45, 2.75) is 19.9 Å². The third-order valence-corrected chi connectivity index (χ3v) is 2.67. The van der Waals surface area contributed by atoms with Gasteiger partial charge in [0.15, 0.2) is 0 Å². The molecule has 0 spiro atoms. The summed E-state index contributed by atoms with van der Waals surface area (Å²) in [5.74, 6) is -1.98. The molecule has 108 valence electrons. The van der Waals surface area contributed by atoms with Gasteiger partial charge in [-0.25, -0.2) is 9.59 Å². The standard InChI is InChI=1S/C13H17N3O4/c1-7(2)10(11(14)17)16-13(20)15-9-6-4-3-5-8(9)12(18)19/h3-7,10H,1-2H3,(H2,14,17)(H,18,19)(H2,15,16,20). The lowest BCUT2D eigenvalue weighted by molar-refractivity contribution is -0.120. The lowest BCUT2D eigenvalue weighted by Gasteiger charge is -2.19. The van der Waals surface area contributed by atoms with Crippen LogP contribution in [0.3, 0.4) is 0 Å². The second-order valence-electron chi connectivity index (χ2n) is 4.57. The summed E-state index contributed by atoms with van der Waals surface area (Å²) in [6.07, 6.45) is 0. The summed E-state index contributed by atoms with van der Waals surface area (Å²) in [5.41, 5.74) is 5.29. The molecule has 7 heteroatoms. The van der Waals surface area contributed by atoms with Crippen LogP contribution in [-0.4, -0.2) is 29.1 Å². The van der Waals surface area contributed by atoms with E-state index in [9.17, 15) is 14.4 Å². The third kappa shape index (κ3) is 3.98. The van der Waals surface area contributed by atoms with Gasteiger partial charge < -0.3 is 21.5 Å². The van der Waals surface area contributed by atoms with Crippen molar-refractivity contribution < 1.29 is 19.5 Å². The van der Waals surface area contributed by atoms with E-state index in [1.165, 1.54) is 12.1 Å². The number of urea groups is 1. The van der Waals surface area contributed by atoms with E-state index < -0.39 is 23.9 Å². The van der Waals surface area contributed by atoms with E-state index in [-0.39, 0.29) is 17.2 Å². The average molecular weight is 279 g/mol. The maximum absolute atomic E-state index is 11.8. The van der Waals surface area contributed by atoms with Gasteiger partial charge in [0.25, 0.3) is 0 Å². The molecule has 1 rings (SSSR count). The number of primary amides is 1. The van der Waals surface area contributed by atoms with Gasteiger partial charge >= 0.3 is 12.0 Å². The molecule has 1 aromatic rings. The van der Waals surface area contributed by atoms with Crippen molar-refractivity contribution in [3.63, 3.8) is 0 Å². The Hall–Kier alpha value is -2.57. The highest BCUT2D eigenvalue weighted by Gasteiger charge is 2.22. The lowest BCUT2D eigenvalue weighted by atomic mass is 10.0. The first-order valence-corrected chi connectivity index (χ1v) is 6.02. The van der Waals surface area contributed by atoms with Gasteiger partial charge in [-0.1, -0.05) is 26.0 Å². The van der Waals surface area contributed by atoms with Crippen molar-refractivity contribution >= 4 is 23.6 Å². The maximum Gasteiger partial charge on any atom is 0.337 e. The van der Waals surface area contributed by atoms with Crippen molar-refractivity contribution in [2.75, 3.05) is 5.32 Å². The average Bonchev–Trinajstić information content (AvgIpc) is 2.35. The Morgan fingerprint density at radius 1 is 1.20 bits per heavy atom. The molecule has 0 aromatic heterocycles. The van der Waals surface area contributed by atoms with Gasteiger partial charge in [-0.2, -0.15) is 0 Å². The zero-order valence-corrected chi connectivity index (χ0v) is 11.2. The number of carbonyl (C=O) groups excluding carboxylic acids is 2. The number of nitrogens with one attached hydrogen (secondary N) is 2. The number of anilines is 1. The van der Waals surface area contributed by atoms with Crippen molar-refractivity contribution in [3.8, 4) is 0 Å². The van der Waals surface area contributed by atoms with Crippen LogP contribution in [0.15, 0.2) is 24.3 Å². The van der Waals surface area contributed by atoms with Crippen molar-refractivity contribution in [2.24, 2.45) is 11.7 Å². The number of hydrogen-bond acceptors (Lipinski definition) is 3. The highest BCUT2D eigenvalue weighted by Crippen LogP contribution is 2.14. The molecule has 1 unspecified atom stereocenters. The summed E-state index contributed by atoms with van der Waals surface area (Å²) in [4.78, 5) is 34.0. The van der Waals surface area contributed by atoms with Gasteiger partial charge in [-0.15, -0.1) is 0 Å². The second-order valence-corrected chi connectivity index (χ2v) is 4.57. The molecule has 3 amide bonds. The van der Waals surface area contributed by atoms with Crippen LogP contribution in [0, 0.1) is 5.92 Å². The normalized spacial score (nSPS) is 11.8. The number of benzene rings is 1. The molecule has 0 heterocycles. The van der Waals surface area contributed by atoms with E-state index >= 15 is 0 Å². The van der Waals surface area contributed by atoms with E-state index in [0.29, 0.717) is 0 Å². The number of carboxylic acids is 1. The molecule has 0 saturated heterocycles. The van der Waals surface area contributed by atoms with E-state index in [1.807, 2.05) is 0 Å². The topological polar surface area (TPSA) is 122 Å². The smallest absolute Gasteiger partial charge is 0.337 e. The minimum atomic E-state index is -1.16. The minimum absolute atomic E-state index is 0.0391. The van der Waals surface area contributed by atoms with Gasteiger partial charge in [0.1, 0.15) is 6.04 Å². The van der Waals surface area contributed by atoms with Crippen LogP contribution in [0.25, 0.3) is 0 Å². The SMILES string of the molecule is CC(C)C(NC(=O)Nc1ccccc1C(=O)O)C(N)=O. The zero-order valence-electron chi connectivity index (χ0n) is 11.2. The van der Waals surface area contributed by atoms with Crippen LogP contribution in [0.1, 0.15) is 24.2 Å². The molecule has 0 aliphatic carbocycles. The summed E-state index contributed by atoms with van der Waals surface area (Å²) in [7, 11) is 0. The molecular weight excluding hydrogens is 262 g/mol. The molecule has 0 fully saturated rings. The van der Waals surface area contributed by atoms with Crippen molar-refractivity contribution in [1.29, 1.82) is 0 Å². The Balaban J connectivity index is 2.81. The van der Waals surface area contributed by atoms with Crippen LogP contribution in [0.4, 0.5) is 10.5 Å². The van der Waals surface area contributed by atoms with Crippen LogP contribution in [-0.2, 0) is 4.79 Å². The predicted octanol–water partition coefficient (Wildman–Crippen LogP) is 1.02. The Bertz CT molecular complexity index is 528. The Kier molecular flexibility index (Phi) is 5.08. The summed E-state index contributed by atoms with van der Waals surface area (Å²) < 4.78 is 0. The first-order chi connectivity index (χ1) is 9.32. The monoisotopic (exact) mass is 279 g/mol. The minimum Gasteiger partial charge on any atom is -0.478 e. The molecule has 7 nitrogen and oxygen atoms in total. The number of carboxylic acid groups (broad SMARTS) is 1. The first-order valence-electron chi connectivity index (χ1n) is 6.02. The number of para-hydroxylation sites is 1. The zero-order chi connectivity index (χ0) is 15.3. The van der Waals surface area contributed by atoms with Crippen LogP contribution in [0.5, 0.6) is 0 Å². The predicted molar refractivity (Wildman–Crippen MR) is 73.4 cm³/mol. The number of nitrogens with two attached hydrogens (primary N) is 1. The second kappa shape index (κ2) is 6.55. The summed E-state index contributed by atoms with van der Waals surface area (Å²) in [6, 6.07) is 4.45. The summed E-state index contributed by atoms with van der Waals surface area (Å²) in [6.45, 7) is 3.47. The van der Waals surface area contributed by atoms with Gasteiger partial charge in [0.2, 0.25) is 5.91 Å². The quantitative estimate of drug-likeness (QED) is 0.642. The molecule has 0 saturated carbocycles. The molecule has 0 bridgehead atoms. The largest absolute Gasteiger partial charge is 0.478 e. The highest BCUT2D eigenvalue weighted by atomic mass is 16.4. The molecule has 1 aromatic carbocycles. The van der Waals surface area contributed by atoms with E-state index in [4.69, 9.17) is 10.8 Å². The van der Waals surface area contributed by atoms with Gasteiger partial charge in [0.05, 0.1) is 11.3 Å². The van der Waals surface area contributed by atoms with Gasteiger partial charge in [0, 0.05) is 0 Å². The first kappa shape index (κ1) is 15.5. The van der Waals surface area contributed by atoms with E-state index in [0.717, 1.165) is 0 Å². The van der Waals surface area contributed by atoms with Crippen LogP contribution < -0.4 is 16.4 Å². The van der Waals surface area contributed by atoms with Crippen molar-refractivity contribution in [3.05, 3.63) is 29.8 Å². The van der Waals surface area contributed by atoms with Gasteiger partial charge in [-0.3, -0.25) is 4.79 Å². The fraction of sp³-hybridized carbons (Fsp3) is 0.308. The number of hydrogen-bond donors (Lipinski definition) is 4. The fourth-order valence-corrected chi connectivity index (χ4v) is 1.64. The molecule has 0 aliphatic rings. The van der Waals surface area contributed by atoms with Crippen LogP contribution >= 0.6 is 0 Å². The van der Waals surface area contributed by atoms with E-state index in [1.54, 1.807) is 26.0 Å². The molecule has 1 atom stereocenters. The summed E-state index contributed by atoms with van der Waals surface area (Å²) >= 11 is 0. The fourth-order valence-electron chi connectivity index (χ4n) is 1.64. The number of carbonyl (C=O) groups is 3. The third-order valence-electron chi connectivity index (χ3n) is 2.67. The molecule has 0 aliphatic heterocycles. The van der Waals surface area contributed by atoms with Crippen LogP contribution in [0.2, 0.25) is 0 Å². The lowest BCUT2D eigenvalue weighted by Crippen LogP contribution is -2.49. The molecule has 0 radical (unpaired) electrons. The molecule has 20 heavy (non-hydrogen) atoms.